The number of carbonyl (C=O) groups is 2. The van der Waals surface area contributed by atoms with Crippen LogP contribution in [0.25, 0.3) is 11.0 Å². The number of nitrogens with one attached hydrogen (secondary N) is 2. The quantitative estimate of drug-likeness (QED) is 0.801. The van der Waals surface area contributed by atoms with Gasteiger partial charge in [-0.2, -0.15) is 0 Å². The molecular formula is C15H16FN3O3. The molecule has 1 saturated carbocycles. The fourth-order valence-electron chi connectivity index (χ4n) is 2.99. The molecule has 0 radical (unpaired) electrons. The molecule has 1 amide bonds. The number of carboxylic acids is 1. The van der Waals surface area contributed by atoms with Crippen molar-refractivity contribution in [2.45, 2.75) is 20.4 Å². The molecule has 3 N–H and O–H groups in total. The Bertz CT molecular complexity index is 768. The highest BCUT2D eigenvalue weighted by atomic mass is 19.1. The number of H-pyrrole nitrogens is 1. The summed E-state index contributed by atoms with van der Waals surface area (Å²) in [6.45, 7) is 3.67. The Kier molecular flexibility index (Phi) is 3.16. The van der Waals surface area contributed by atoms with Crippen molar-refractivity contribution in [3.8, 4) is 0 Å². The minimum atomic E-state index is -0.954. The number of aliphatic carboxylic acids is 1. The van der Waals surface area contributed by atoms with E-state index in [2.05, 4.69) is 15.3 Å². The monoisotopic (exact) mass is 305 g/mol. The Balaban J connectivity index is 1.67. The second kappa shape index (κ2) is 4.79. The number of amides is 1. The molecular weight excluding hydrogens is 289 g/mol. The topological polar surface area (TPSA) is 95.1 Å². The molecule has 0 spiro atoms. The summed E-state index contributed by atoms with van der Waals surface area (Å²) in [5.41, 5.74) is 0.632. The fourth-order valence-corrected chi connectivity index (χ4v) is 2.99. The first-order valence-electron chi connectivity index (χ1n) is 6.95. The number of carbonyl (C=O) groups excluding carboxylic acids is 1. The number of halogens is 1. The fraction of sp³-hybridized carbons (Fsp3) is 0.400. The predicted octanol–water partition coefficient (Wildman–Crippen LogP) is 1.67. The van der Waals surface area contributed by atoms with E-state index in [-0.39, 0.29) is 18.3 Å². The number of nitrogens with zero attached hydrogens (tertiary/aromatic N) is 1. The summed E-state index contributed by atoms with van der Waals surface area (Å²) >= 11 is 0. The molecule has 6 nitrogen and oxygen atoms in total. The molecule has 3 rings (SSSR count). The summed E-state index contributed by atoms with van der Waals surface area (Å²) in [4.78, 5) is 30.4. The molecule has 0 aliphatic heterocycles. The minimum absolute atomic E-state index is 0.147. The van der Waals surface area contributed by atoms with Gasteiger partial charge < -0.3 is 15.4 Å². The maximum absolute atomic E-state index is 13.1. The molecule has 2 atom stereocenters. The maximum Gasteiger partial charge on any atom is 0.307 e. The average Bonchev–Trinajstić information content (AvgIpc) is 2.82. The molecule has 1 fully saturated rings. The standard InChI is InChI=1S/C15H16FN3O3/c1-15(2)11(12(15)14(21)22)13(20)17-6-10-18-8-4-3-7(16)5-9(8)19-10/h3-5,11-12H,6H2,1-2H3,(H,17,20)(H,18,19)(H,21,22)/t11-,12+/m1/s1. The summed E-state index contributed by atoms with van der Waals surface area (Å²) < 4.78 is 13.1. The number of hydrogen-bond donors (Lipinski definition) is 3. The summed E-state index contributed by atoms with van der Waals surface area (Å²) in [7, 11) is 0. The van der Waals surface area contributed by atoms with Crippen molar-refractivity contribution >= 4 is 22.9 Å². The third-order valence-electron chi connectivity index (χ3n) is 4.30. The first-order chi connectivity index (χ1) is 10.3. The number of aromatic nitrogens is 2. The van der Waals surface area contributed by atoms with E-state index in [9.17, 15) is 14.0 Å². The first-order valence-corrected chi connectivity index (χ1v) is 6.95. The van der Waals surface area contributed by atoms with E-state index >= 15 is 0 Å². The van der Waals surface area contributed by atoms with Crippen LogP contribution < -0.4 is 5.32 Å². The Morgan fingerprint density at radius 3 is 2.77 bits per heavy atom. The van der Waals surface area contributed by atoms with Crippen molar-refractivity contribution in [2.24, 2.45) is 17.3 Å². The lowest BCUT2D eigenvalue weighted by atomic mass is 10.1. The lowest BCUT2D eigenvalue weighted by Gasteiger charge is -2.03. The van der Waals surface area contributed by atoms with Gasteiger partial charge in [-0.1, -0.05) is 13.8 Å². The van der Waals surface area contributed by atoms with Crippen molar-refractivity contribution < 1.29 is 19.1 Å². The molecule has 7 heteroatoms. The molecule has 1 heterocycles. The van der Waals surface area contributed by atoms with Crippen molar-refractivity contribution in [2.75, 3.05) is 0 Å². The van der Waals surface area contributed by atoms with E-state index in [1.807, 2.05) is 0 Å². The van der Waals surface area contributed by atoms with Crippen LogP contribution in [0.1, 0.15) is 19.7 Å². The van der Waals surface area contributed by atoms with Crippen LogP contribution in [-0.2, 0) is 16.1 Å². The van der Waals surface area contributed by atoms with Crippen LogP contribution in [0.15, 0.2) is 18.2 Å². The van der Waals surface area contributed by atoms with Gasteiger partial charge in [-0.15, -0.1) is 0 Å². The highest BCUT2D eigenvalue weighted by molar-refractivity contribution is 5.91. The zero-order valence-corrected chi connectivity index (χ0v) is 12.2. The molecule has 2 aromatic rings. The Morgan fingerprint density at radius 2 is 2.14 bits per heavy atom. The molecule has 1 aromatic heterocycles. The van der Waals surface area contributed by atoms with Crippen LogP contribution in [-0.4, -0.2) is 27.0 Å². The summed E-state index contributed by atoms with van der Waals surface area (Å²) in [6.07, 6.45) is 0. The number of carboxylic acid groups (broad SMARTS) is 1. The van der Waals surface area contributed by atoms with Crippen LogP contribution >= 0.6 is 0 Å². The van der Waals surface area contributed by atoms with Gasteiger partial charge in [-0.3, -0.25) is 9.59 Å². The van der Waals surface area contributed by atoms with Gasteiger partial charge in [0.2, 0.25) is 5.91 Å². The van der Waals surface area contributed by atoms with E-state index in [0.29, 0.717) is 16.9 Å². The summed E-state index contributed by atoms with van der Waals surface area (Å²) in [5, 5.41) is 11.8. The van der Waals surface area contributed by atoms with Crippen molar-refractivity contribution in [3.05, 3.63) is 29.8 Å². The molecule has 1 aliphatic carbocycles. The second-order valence-electron chi connectivity index (χ2n) is 6.18. The highest BCUT2D eigenvalue weighted by Gasteiger charge is 2.65. The van der Waals surface area contributed by atoms with Gasteiger partial charge in [0, 0.05) is 0 Å². The zero-order chi connectivity index (χ0) is 16.1. The van der Waals surface area contributed by atoms with Gasteiger partial charge in [0.25, 0.3) is 0 Å². The normalized spacial score (nSPS) is 22.5. The Hall–Kier alpha value is -2.44. The van der Waals surface area contributed by atoms with Gasteiger partial charge in [0.1, 0.15) is 11.6 Å². The molecule has 1 aliphatic rings. The van der Waals surface area contributed by atoms with Crippen LogP contribution in [0.5, 0.6) is 0 Å². The molecule has 1 aromatic carbocycles. The second-order valence-corrected chi connectivity index (χ2v) is 6.18. The van der Waals surface area contributed by atoms with E-state index < -0.39 is 23.2 Å². The summed E-state index contributed by atoms with van der Waals surface area (Å²) in [5.74, 6) is -2.31. The Morgan fingerprint density at radius 1 is 1.41 bits per heavy atom. The van der Waals surface area contributed by atoms with Gasteiger partial charge in [-0.25, -0.2) is 9.37 Å². The van der Waals surface area contributed by atoms with Gasteiger partial charge >= 0.3 is 5.97 Å². The summed E-state index contributed by atoms with van der Waals surface area (Å²) in [6, 6.07) is 4.20. The van der Waals surface area contributed by atoms with Crippen molar-refractivity contribution in [3.63, 3.8) is 0 Å². The number of rotatable bonds is 4. The SMILES string of the molecule is CC1(C)[C@H](C(=O)O)[C@@H]1C(=O)NCc1nc2ccc(F)cc2[nH]1. The molecule has 0 unspecified atom stereocenters. The van der Waals surface area contributed by atoms with Crippen LogP contribution in [0, 0.1) is 23.1 Å². The minimum Gasteiger partial charge on any atom is -0.481 e. The molecule has 0 saturated heterocycles. The Labute approximate surface area is 125 Å². The van der Waals surface area contributed by atoms with Gasteiger partial charge in [-0.05, 0) is 23.6 Å². The van der Waals surface area contributed by atoms with Crippen molar-refractivity contribution in [1.29, 1.82) is 0 Å². The first kappa shape index (κ1) is 14.5. The number of imidazole rings is 1. The molecule has 22 heavy (non-hydrogen) atoms. The van der Waals surface area contributed by atoms with Crippen LogP contribution in [0.3, 0.4) is 0 Å². The highest BCUT2D eigenvalue weighted by Crippen LogP contribution is 2.58. The van der Waals surface area contributed by atoms with E-state index in [0.717, 1.165) is 0 Å². The third-order valence-corrected chi connectivity index (χ3v) is 4.30. The lowest BCUT2D eigenvalue weighted by Crippen LogP contribution is -2.27. The van der Waals surface area contributed by atoms with E-state index in [4.69, 9.17) is 5.11 Å². The maximum atomic E-state index is 13.1. The predicted molar refractivity (Wildman–Crippen MR) is 76.3 cm³/mol. The number of aromatic amines is 1. The zero-order valence-electron chi connectivity index (χ0n) is 12.2. The number of hydrogen-bond acceptors (Lipinski definition) is 3. The van der Waals surface area contributed by atoms with Crippen molar-refractivity contribution in [1.82, 2.24) is 15.3 Å². The number of fused-ring (bicyclic) bond motifs is 1. The van der Waals surface area contributed by atoms with Crippen LogP contribution in [0.2, 0.25) is 0 Å². The third kappa shape index (κ3) is 2.32. The lowest BCUT2D eigenvalue weighted by molar-refractivity contribution is -0.140. The number of benzene rings is 1. The van der Waals surface area contributed by atoms with E-state index in [1.165, 1.54) is 12.1 Å². The average molecular weight is 305 g/mol. The molecule has 0 bridgehead atoms. The smallest absolute Gasteiger partial charge is 0.307 e. The van der Waals surface area contributed by atoms with Gasteiger partial charge in [0.15, 0.2) is 0 Å². The van der Waals surface area contributed by atoms with Crippen LogP contribution in [0.4, 0.5) is 4.39 Å². The molecule has 116 valence electrons. The van der Waals surface area contributed by atoms with Gasteiger partial charge in [0.05, 0.1) is 29.4 Å². The largest absolute Gasteiger partial charge is 0.481 e. The van der Waals surface area contributed by atoms with E-state index in [1.54, 1.807) is 19.9 Å².